The molecule has 1 saturated heterocycles. The van der Waals surface area contributed by atoms with Crippen LogP contribution in [0, 0.1) is 5.92 Å². The second kappa shape index (κ2) is 9.68. The fourth-order valence-electron chi connectivity index (χ4n) is 4.67. The van der Waals surface area contributed by atoms with Crippen molar-refractivity contribution in [3.05, 3.63) is 78.7 Å². The fourth-order valence-corrected chi connectivity index (χ4v) is 4.67. The molecule has 0 spiro atoms. The van der Waals surface area contributed by atoms with Gasteiger partial charge in [-0.15, -0.1) is 5.10 Å². The van der Waals surface area contributed by atoms with Gasteiger partial charge in [0.05, 0.1) is 18.1 Å². The lowest BCUT2D eigenvalue weighted by Crippen LogP contribution is -2.35. The molecule has 0 amide bonds. The maximum atomic E-state index is 5.60. The van der Waals surface area contributed by atoms with E-state index in [0.717, 1.165) is 78.5 Å². The number of benzene rings is 2. The molecule has 0 aliphatic carbocycles. The monoisotopic (exact) mass is 466 g/mol. The highest BCUT2D eigenvalue weighted by atomic mass is 16.5. The van der Waals surface area contributed by atoms with E-state index >= 15 is 0 Å². The molecule has 1 aliphatic heterocycles. The SMILES string of the molecule is c1ccc(-c2cc(CN3CCC(CNc4nncc5onc(-c6ccccc6)c45)CC3)on2)cc1. The average molecular weight is 467 g/mol. The molecular formula is C27H26N6O2. The predicted octanol–water partition coefficient (Wildman–Crippen LogP) is 5.26. The summed E-state index contributed by atoms with van der Waals surface area (Å²) in [4.78, 5) is 2.43. The third kappa shape index (κ3) is 4.65. The molecule has 0 radical (unpaired) electrons. The van der Waals surface area contributed by atoms with Crippen LogP contribution in [0.1, 0.15) is 18.6 Å². The molecule has 1 fully saturated rings. The van der Waals surface area contributed by atoms with Crippen LogP contribution in [0.4, 0.5) is 5.82 Å². The Morgan fingerprint density at radius 1 is 0.886 bits per heavy atom. The highest BCUT2D eigenvalue weighted by Crippen LogP contribution is 2.32. The first-order valence-electron chi connectivity index (χ1n) is 12.0. The van der Waals surface area contributed by atoms with E-state index in [1.807, 2.05) is 66.7 Å². The van der Waals surface area contributed by atoms with Crippen molar-refractivity contribution in [2.75, 3.05) is 25.0 Å². The van der Waals surface area contributed by atoms with Gasteiger partial charge in [-0.3, -0.25) is 4.90 Å². The topological polar surface area (TPSA) is 93.1 Å². The Balaban J connectivity index is 1.06. The van der Waals surface area contributed by atoms with E-state index in [2.05, 4.69) is 30.7 Å². The number of piperidine rings is 1. The number of fused-ring (bicyclic) bond motifs is 1. The van der Waals surface area contributed by atoms with Crippen LogP contribution in [0.3, 0.4) is 0 Å². The van der Waals surface area contributed by atoms with Gasteiger partial charge in [-0.2, -0.15) is 5.10 Å². The first kappa shape index (κ1) is 21.5. The van der Waals surface area contributed by atoms with Gasteiger partial charge < -0.3 is 14.4 Å². The Morgan fingerprint density at radius 2 is 1.63 bits per heavy atom. The maximum absolute atomic E-state index is 5.60. The van der Waals surface area contributed by atoms with Crippen molar-refractivity contribution in [1.82, 2.24) is 25.4 Å². The molecule has 8 nitrogen and oxygen atoms in total. The largest absolute Gasteiger partial charge is 0.368 e. The van der Waals surface area contributed by atoms with Crippen LogP contribution in [0.15, 0.2) is 82.0 Å². The second-order valence-corrected chi connectivity index (χ2v) is 8.97. The summed E-state index contributed by atoms with van der Waals surface area (Å²) in [6, 6.07) is 22.2. The molecule has 3 aromatic heterocycles. The molecule has 8 heteroatoms. The van der Waals surface area contributed by atoms with Gasteiger partial charge in [-0.25, -0.2) is 0 Å². The Kier molecular flexibility index (Phi) is 5.94. The highest BCUT2D eigenvalue weighted by molar-refractivity contribution is 5.98. The number of hydrogen-bond acceptors (Lipinski definition) is 8. The number of rotatable bonds is 7. The number of hydrogen-bond donors (Lipinski definition) is 1. The molecule has 2 aromatic carbocycles. The second-order valence-electron chi connectivity index (χ2n) is 8.97. The molecule has 4 heterocycles. The van der Waals surface area contributed by atoms with Crippen molar-refractivity contribution in [3.8, 4) is 22.5 Å². The van der Waals surface area contributed by atoms with Crippen molar-refractivity contribution >= 4 is 16.8 Å². The van der Waals surface area contributed by atoms with E-state index < -0.39 is 0 Å². The minimum absolute atomic E-state index is 0.554. The Hall–Kier alpha value is -4.04. The normalized spacial score (nSPS) is 15.0. The molecule has 0 unspecified atom stereocenters. The predicted molar refractivity (Wildman–Crippen MR) is 133 cm³/mol. The van der Waals surface area contributed by atoms with E-state index in [1.165, 1.54) is 0 Å². The number of nitrogens with one attached hydrogen (secondary N) is 1. The van der Waals surface area contributed by atoms with Crippen molar-refractivity contribution < 1.29 is 9.05 Å². The molecule has 0 atom stereocenters. The summed E-state index contributed by atoms with van der Waals surface area (Å²) < 4.78 is 11.1. The van der Waals surface area contributed by atoms with Crippen LogP contribution in [0.5, 0.6) is 0 Å². The number of nitrogens with zero attached hydrogens (tertiary/aromatic N) is 5. The first-order valence-corrected chi connectivity index (χ1v) is 12.0. The van der Waals surface area contributed by atoms with Crippen molar-refractivity contribution in [1.29, 1.82) is 0 Å². The minimum Gasteiger partial charge on any atom is -0.368 e. The average Bonchev–Trinajstić information content (AvgIpc) is 3.57. The summed E-state index contributed by atoms with van der Waals surface area (Å²) in [5.41, 5.74) is 4.39. The smallest absolute Gasteiger partial charge is 0.191 e. The molecule has 6 rings (SSSR count). The van der Waals surface area contributed by atoms with Crippen molar-refractivity contribution in [2.24, 2.45) is 5.92 Å². The van der Waals surface area contributed by atoms with Crippen LogP contribution in [-0.2, 0) is 6.54 Å². The lowest BCUT2D eigenvalue weighted by atomic mass is 9.96. The van der Waals surface area contributed by atoms with Crippen LogP contribution < -0.4 is 5.32 Å². The zero-order valence-corrected chi connectivity index (χ0v) is 19.3. The van der Waals surface area contributed by atoms with Crippen LogP contribution in [-0.4, -0.2) is 45.0 Å². The summed E-state index contributed by atoms with van der Waals surface area (Å²) in [5, 5.41) is 21.4. The standard InChI is InChI=1S/C27H26N6O2/c1-3-7-20(8-4-1)23-15-22(34-31-23)18-33-13-11-19(12-14-33)16-28-27-25-24(17-29-30-27)35-32-26(25)21-9-5-2-6-10-21/h1-10,15,17,19H,11-14,16,18H2,(H,28,30). The van der Waals surface area contributed by atoms with Gasteiger partial charge in [-0.1, -0.05) is 71.0 Å². The fraction of sp³-hybridized carbons (Fsp3) is 0.259. The Bertz CT molecular complexity index is 1390. The summed E-state index contributed by atoms with van der Waals surface area (Å²) >= 11 is 0. The van der Waals surface area contributed by atoms with Gasteiger partial charge in [0.2, 0.25) is 0 Å². The molecule has 176 valence electrons. The Labute approximate surface area is 202 Å². The molecule has 1 aliphatic rings. The van der Waals surface area contributed by atoms with Gasteiger partial charge in [0.15, 0.2) is 17.2 Å². The number of likely N-dealkylation sites (tertiary alicyclic amines) is 1. The zero-order valence-electron chi connectivity index (χ0n) is 19.3. The quantitative estimate of drug-likeness (QED) is 0.347. The van der Waals surface area contributed by atoms with E-state index in [0.29, 0.717) is 11.5 Å². The number of anilines is 1. The van der Waals surface area contributed by atoms with E-state index in [9.17, 15) is 0 Å². The summed E-state index contributed by atoms with van der Waals surface area (Å²) in [6.07, 6.45) is 3.82. The number of aromatic nitrogens is 4. The molecule has 0 saturated carbocycles. The third-order valence-corrected chi connectivity index (χ3v) is 6.61. The zero-order chi connectivity index (χ0) is 23.5. The summed E-state index contributed by atoms with van der Waals surface area (Å²) in [6.45, 7) is 3.66. The van der Waals surface area contributed by atoms with Crippen molar-refractivity contribution in [3.63, 3.8) is 0 Å². The molecule has 35 heavy (non-hydrogen) atoms. The highest BCUT2D eigenvalue weighted by Gasteiger charge is 2.22. The van der Waals surface area contributed by atoms with Gasteiger partial charge in [0.1, 0.15) is 11.4 Å². The maximum Gasteiger partial charge on any atom is 0.191 e. The molecule has 5 aromatic rings. The lowest BCUT2D eigenvalue weighted by Gasteiger charge is -2.31. The van der Waals surface area contributed by atoms with Gasteiger partial charge >= 0.3 is 0 Å². The Morgan fingerprint density at radius 3 is 2.40 bits per heavy atom. The van der Waals surface area contributed by atoms with Crippen LogP contribution >= 0.6 is 0 Å². The van der Waals surface area contributed by atoms with Gasteiger partial charge in [0.25, 0.3) is 0 Å². The van der Waals surface area contributed by atoms with E-state index in [1.54, 1.807) is 6.20 Å². The first-order chi connectivity index (χ1) is 17.3. The lowest BCUT2D eigenvalue weighted by molar-refractivity contribution is 0.166. The van der Waals surface area contributed by atoms with E-state index in [-0.39, 0.29) is 0 Å². The van der Waals surface area contributed by atoms with Gasteiger partial charge in [0, 0.05) is 23.7 Å². The van der Waals surface area contributed by atoms with Crippen LogP contribution in [0.25, 0.3) is 33.5 Å². The third-order valence-electron chi connectivity index (χ3n) is 6.61. The molecule has 1 N–H and O–H groups in total. The molecular weight excluding hydrogens is 440 g/mol. The molecule has 0 bridgehead atoms. The van der Waals surface area contributed by atoms with E-state index in [4.69, 9.17) is 9.05 Å². The summed E-state index contributed by atoms with van der Waals surface area (Å²) in [7, 11) is 0. The van der Waals surface area contributed by atoms with Crippen molar-refractivity contribution in [2.45, 2.75) is 19.4 Å². The summed E-state index contributed by atoms with van der Waals surface area (Å²) in [5.74, 6) is 2.18. The van der Waals surface area contributed by atoms with Gasteiger partial charge in [-0.05, 0) is 31.8 Å². The van der Waals surface area contributed by atoms with Crippen LogP contribution in [0.2, 0.25) is 0 Å². The minimum atomic E-state index is 0.554.